The molecule has 0 aromatic heterocycles. The number of aliphatic hydroxyl groups excluding tert-OH is 1. The molecule has 0 saturated heterocycles. The largest absolute Gasteiger partial charge is 0.401 e. The summed E-state index contributed by atoms with van der Waals surface area (Å²) in [4.78, 5) is 0. The molecule has 0 saturated carbocycles. The minimum absolute atomic E-state index is 0.00245. The molecule has 0 rings (SSSR count). The van der Waals surface area contributed by atoms with Crippen molar-refractivity contribution < 1.29 is 18.3 Å². The van der Waals surface area contributed by atoms with Crippen molar-refractivity contribution in [3.05, 3.63) is 0 Å². The predicted octanol–water partition coefficient (Wildman–Crippen LogP) is 1.16. The zero-order chi connectivity index (χ0) is 9.78. The lowest BCUT2D eigenvalue weighted by molar-refractivity contribution is -0.127. The molecule has 0 spiro atoms. The Morgan fingerprint density at radius 3 is 2.08 bits per heavy atom. The number of aliphatic hydroxyl groups is 1. The molecule has 12 heavy (non-hydrogen) atoms. The molecule has 2 nitrogen and oxygen atoms in total. The lowest BCUT2D eigenvalue weighted by atomic mass is 10.1. The van der Waals surface area contributed by atoms with Crippen LogP contribution in [0.5, 0.6) is 0 Å². The van der Waals surface area contributed by atoms with E-state index in [1.165, 1.54) is 0 Å². The fraction of sp³-hybridized carbons (Fsp3) is 1.00. The van der Waals surface area contributed by atoms with E-state index in [1.54, 1.807) is 13.8 Å². The Labute approximate surface area is 69.8 Å². The SMILES string of the molecule is CC(C)[C@@H](CO)NCC(F)(F)F. The van der Waals surface area contributed by atoms with Crippen LogP contribution in [0.2, 0.25) is 0 Å². The van der Waals surface area contributed by atoms with Crippen molar-refractivity contribution in [2.75, 3.05) is 13.2 Å². The molecule has 0 bridgehead atoms. The average molecular weight is 185 g/mol. The standard InChI is InChI=1S/C7H14F3NO/c1-5(2)6(3-12)11-4-7(8,9)10/h5-6,11-12H,3-4H2,1-2H3/t6-/m1/s1. The molecule has 0 fully saturated rings. The van der Waals surface area contributed by atoms with Gasteiger partial charge in [0.25, 0.3) is 0 Å². The van der Waals surface area contributed by atoms with Crippen LogP contribution in [0, 0.1) is 5.92 Å². The third-order valence-electron chi connectivity index (χ3n) is 1.57. The van der Waals surface area contributed by atoms with Crippen LogP contribution in [0.3, 0.4) is 0 Å². The zero-order valence-electron chi connectivity index (χ0n) is 7.15. The predicted molar refractivity (Wildman–Crippen MR) is 39.8 cm³/mol. The molecule has 0 radical (unpaired) electrons. The Morgan fingerprint density at radius 2 is 1.83 bits per heavy atom. The quantitative estimate of drug-likeness (QED) is 0.688. The van der Waals surface area contributed by atoms with E-state index >= 15 is 0 Å². The van der Waals surface area contributed by atoms with Crippen LogP contribution in [0.1, 0.15) is 13.8 Å². The van der Waals surface area contributed by atoms with E-state index < -0.39 is 18.8 Å². The molecule has 1 atom stereocenters. The van der Waals surface area contributed by atoms with Gasteiger partial charge in [-0.1, -0.05) is 13.8 Å². The van der Waals surface area contributed by atoms with Crippen molar-refractivity contribution in [2.24, 2.45) is 5.92 Å². The van der Waals surface area contributed by atoms with Crippen molar-refractivity contribution in [1.29, 1.82) is 0 Å². The number of nitrogens with one attached hydrogen (secondary N) is 1. The van der Waals surface area contributed by atoms with E-state index in [1.807, 2.05) is 0 Å². The van der Waals surface area contributed by atoms with Crippen LogP contribution in [0.4, 0.5) is 13.2 Å². The van der Waals surface area contributed by atoms with Crippen LogP contribution in [-0.2, 0) is 0 Å². The number of hydrogen-bond donors (Lipinski definition) is 2. The molecule has 0 heterocycles. The molecule has 0 aliphatic rings. The molecular weight excluding hydrogens is 171 g/mol. The second kappa shape index (κ2) is 4.67. The minimum Gasteiger partial charge on any atom is -0.395 e. The van der Waals surface area contributed by atoms with Gasteiger partial charge in [-0.2, -0.15) is 13.2 Å². The summed E-state index contributed by atoms with van der Waals surface area (Å²) in [6.07, 6.45) is -4.21. The van der Waals surface area contributed by atoms with Crippen LogP contribution in [0.25, 0.3) is 0 Å². The molecule has 0 aromatic rings. The first-order valence-electron chi connectivity index (χ1n) is 3.78. The summed E-state index contributed by atoms with van der Waals surface area (Å²) in [6.45, 7) is 2.19. The van der Waals surface area contributed by atoms with Gasteiger partial charge in [-0.3, -0.25) is 0 Å². The summed E-state index contributed by atoms with van der Waals surface area (Å²) in [5, 5.41) is 10.9. The summed E-state index contributed by atoms with van der Waals surface area (Å²) in [6, 6.07) is -0.480. The van der Waals surface area contributed by atoms with E-state index in [0.717, 1.165) is 0 Å². The van der Waals surface area contributed by atoms with Crippen molar-refractivity contribution in [1.82, 2.24) is 5.32 Å². The van der Waals surface area contributed by atoms with E-state index in [4.69, 9.17) is 5.11 Å². The maximum atomic E-state index is 11.7. The summed E-state index contributed by atoms with van der Waals surface area (Å²) in [5.41, 5.74) is 0. The van der Waals surface area contributed by atoms with Gasteiger partial charge in [0.1, 0.15) is 0 Å². The van der Waals surface area contributed by atoms with Gasteiger partial charge in [-0.15, -0.1) is 0 Å². The topological polar surface area (TPSA) is 32.3 Å². The highest BCUT2D eigenvalue weighted by molar-refractivity contribution is 4.70. The first-order valence-corrected chi connectivity index (χ1v) is 3.78. The average Bonchev–Trinajstić information content (AvgIpc) is 1.85. The highest BCUT2D eigenvalue weighted by Crippen LogP contribution is 2.13. The zero-order valence-corrected chi connectivity index (χ0v) is 7.15. The Kier molecular flexibility index (Phi) is 4.55. The Morgan fingerprint density at radius 1 is 1.33 bits per heavy atom. The van der Waals surface area contributed by atoms with Crippen molar-refractivity contribution >= 4 is 0 Å². The van der Waals surface area contributed by atoms with Gasteiger partial charge in [0.05, 0.1) is 13.2 Å². The maximum absolute atomic E-state index is 11.7. The van der Waals surface area contributed by atoms with Gasteiger partial charge in [0, 0.05) is 6.04 Å². The molecule has 0 aliphatic heterocycles. The molecule has 2 N–H and O–H groups in total. The van der Waals surface area contributed by atoms with Crippen LogP contribution >= 0.6 is 0 Å². The summed E-state index contributed by atoms with van der Waals surface area (Å²) < 4.78 is 35.0. The molecule has 74 valence electrons. The van der Waals surface area contributed by atoms with E-state index in [9.17, 15) is 13.2 Å². The molecule has 0 unspecified atom stereocenters. The van der Waals surface area contributed by atoms with E-state index in [-0.39, 0.29) is 12.5 Å². The van der Waals surface area contributed by atoms with E-state index in [0.29, 0.717) is 0 Å². The van der Waals surface area contributed by atoms with Gasteiger partial charge in [-0.25, -0.2) is 0 Å². The van der Waals surface area contributed by atoms with Gasteiger partial charge < -0.3 is 10.4 Å². The molecule has 0 amide bonds. The highest BCUT2D eigenvalue weighted by atomic mass is 19.4. The second-order valence-electron chi connectivity index (χ2n) is 3.03. The normalized spacial score (nSPS) is 15.2. The number of rotatable bonds is 4. The fourth-order valence-corrected chi connectivity index (χ4v) is 0.758. The minimum atomic E-state index is -4.21. The Bertz CT molecular complexity index is 124. The maximum Gasteiger partial charge on any atom is 0.401 e. The third-order valence-corrected chi connectivity index (χ3v) is 1.57. The van der Waals surface area contributed by atoms with Crippen molar-refractivity contribution in [2.45, 2.75) is 26.1 Å². The van der Waals surface area contributed by atoms with Gasteiger partial charge >= 0.3 is 6.18 Å². The Balaban J connectivity index is 3.73. The molecule has 0 aromatic carbocycles. The number of hydrogen-bond acceptors (Lipinski definition) is 2. The lowest BCUT2D eigenvalue weighted by Crippen LogP contribution is -2.42. The summed E-state index contributed by atoms with van der Waals surface area (Å²) >= 11 is 0. The fourth-order valence-electron chi connectivity index (χ4n) is 0.758. The monoisotopic (exact) mass is 185 g/mol. The smallest absolute Gasteiger partial charge is 0.395 e. The Hall–Kier alpha value is -0.290. The molecule has 5 heteroatoms. The van der Waals surface area contributed by atoms with Crippen LogP contribution < -0.4 is 5.32 Å². The molecular formula is C7H14F3NO. The number of alkyl halides is 3. The van der Waals surface area contributed by atoms with Gasteiger partial charge in [0.2, 0.25) is 0 Å². The van der Waals surface area contributed by atoms with Crippen LogP contribution in [-0.4, -0.2) is 30.5 Å². The van der Waals surface area contributed by atoms with Crippen LogP contribution in [0.15, 0.2) is 0 Å². The first kappa shape index (κ1) is 11.7. The van der Waals surface area contributed by atoms with E-state index in [2.05, 4.69) is 5.32 Å². The summed E-state index contributed by atoms with van der Waals surface area (Å²) in [7, 11) is 0. The molecule has 0 aliphatic carbocycles. The summed E-state index contributed by atoms with van der Waals surface area (Å²) in [5.74, 6) is -0.00245. The van der Waals surface area contributed by atoms with Crippen molar-refractivity contribution in [3.63, 3.8) is 0 Å². The first-order chi connectivity index (χ1) is 5.37. The second-order valence-corrected chi connectivity index (χ2v) is 3.03. The lowest BCUT2D eigenvalue weighted by Gasteiger charge is -2.20. The van der Waals surface area contributed by atoms with Gasteiger partial charge in [-0.05, 0) is 5.92 Å². The number of halogens is 3. The third kappa shape index (κ3) is 5.37. The van der Waals surface area contributed by atoms with Crippen molar-refractivity contribution in [3.8, 4) is 0 Å². The highest BCUT2D eigenvalue weighted by Gasteiger charge is 2.28. The van der Waals surface area contributed by atoms with Gasteiger partial charge in [0.15, 0.2) is 0 Å².